The quantitative estimate of drug-likeness (QED) is 0.550. The molecule has 0 atom stereocenters. The summed E-state index contributed by atoms with van der Waals surface area (Å²) in [6.07, 6.45) is -32.1. The van der Waals surface area contributed by atoms with Crippen LogP contribution in [0.3, 0.4) is 0 Å². The molecule has 13 heteroatoms. The van der Waals surface area contributed by atoms with E-state index in [4.69, 9.17) is 0 Å². The molecule has 0 N–H and O–H groups in total. The minimum atomic E-state index is -6.17. The van der Waals surface area contributed by atoms with Crippen molar-refractivity contribution in [1.29, 1.82) is 0 Å². The second-order valence-electron chi connectivity index (χ2n) is 2.83. The van der Waals surface area contributed by atoms with E-state index in [0.29, 0.717) is 0 Å². The summed E-state index contributed by atoms with van der Waals surface area (Å²) in [6.45, 7) is 0. The maximum absolute atomic E-state index is 12.1. The predicted molar refractivity (Wildman–Crippen MR) is 33.9 cm³/mol. The minimum absolute atomic E-state index is 2.31. The Morgan fingerprint density at radius 2 is 0.842 bits per heavy atom. The monoisotopic (exact) mass is 316 g/mol. The van der Waals surface area contributed by atoms with Gasteiger partial charge in [-0.15, -0.1) is 0 Å². The molecule has 116 valence electrons. The summed E-state index contributed by atoms with van der Waals surface area (Å²) < 4.78 is 135. The van der Waals surface area contributed by atoms with Crippen LogP contribution in [-0.4, -0.2) is 37.5 Å². The van der Waals surface area contributed by atoms with Crippen LogP contribution in [0.2, 0.25) is 0 Å². The fourth-order valence-electron chi connectivity index (χ4n) is 0.546. The van der Waals surface area contributed by atoms with E-state index >= 15 is 0 Å². The van der Waals surface area contributed by atoms with E-state index in [1.54, 1.807) is 0 Å². The Morgan fingerprint density at radius 3 is 1.00 bits per heavy atom. The van der Waals surface area contributed by atoms with Crippen molar-refractivity contribution in [3.8, 4) is 0 Å². The summed E-state index contributed by atoms with van der Waals surface area (Å²) in [5, 5.41) is 0. The molecular weight excluding hydrogens is 313 g/mol. The van der Waals surface area contributed by atoms with E-state index in [1.807, 2.05) is 0 Å². The summed E-state index contributed by atoms with van der Waals surface area (Å²) in [6, 6.07) is 0. The molecule has 19 heavy (non-hydrogen) atoms. The van der Waals surface area contributed by atoms with Crippen molar-refractivity contribution in [2.75, 3.05) is 0 Å². The lowest BCUT2D eigenvalue weighted by Gasteiger charge is -2.28. The standard InChI is InChI=1S/C6H3F11O2/c7-1(8)5(14,15)18-3(4(11,12)13)19-6(16,17)2(9)10/h1-3H. The van der Waals surface area contributed by atoms with E-state index < -0.39 is 37.5 Å². The molecule has 0 radical (unpaired) electrons. The number of rotatable bonds is 6. The highest BCUT2D eigenvalue weighted by Gasteiger charge is 2.58. The van der Waals surface area contributed by atoms with Crippen molar-refractivity contribution < 1.29 is 57.8 Å². The lowest BCUT2D eigenvalue weighted by atomic mass is 10.5. The van der Waals surface area contributed by atoms with Gasteiger partial charge in [-0.3, -0.25) is 9.47 Å². The fraction of sp³-hybridized carbons (Fsp3) is 1.00. The lowest BCUT2D eigenvalue weighted by Crippen LogP contribution is -2.48. The third kappa shape index (κ3) is 5.34. The lowest BCUT2D eigenvalue weighted by molar-refractivity contribution is -0.460. The third-order valence-corrected chi connectivity index (χ3v) is 1.30. The minimum Gasteiger partial charge on any atom is -0.276 e. The normalized spacial score (nSPS) is 14.8. The van der Waals surface area contributed by atoms with E-state index in [0.717, 1.165) is 0 Å². The first-order valence-electron chi connectivity index (χ1n) is 3.94. The van der Waals surface area contributed by atoms with Gasteiger partial charge in [0.15, 0.2) is 0 Å². The van der Waals surface area contributed by atoms with Gasteiger partial charge in [0.2, 0.25) is 0 Å². The number of hydrogen-bond acceptors (Lipinski definition) is 2. The van der Waals surface area contributed by atoms with Crippen molar-refractivity contribution in [1.82, 2.24) is 0 Å². The molecule has 0 rings (SSSR count). The van der Waals surface area contributed by atoms with Gasteiger partial charge < -0.3 is 0 Å². The first-order chi connectivity index (χ1) is 8.20. The van der Waals surface area contributed by atoms with E-state index in [9.17, 15) is 48.3 Å². The number of halogens is 11. The van der Waals surface area contributed by atoms with E-state index in [1.165, 1.54) is 0 Å². The molecule has 0 saturated heterocycles. The molecule has 0 unspecified atom stereocenters. The first kappa shape index (κ1) is 18.1. The van der Waals surface area contributed by atoms with Gasteiger partial charge in [-0.05, 0) is 0 Å². The average Bonchev–Trinajstić information content (AvgIpc) is 2.13. The topological polar surface area (TPSA) is 18.5 Å². The van der Waals surface area contributed by atoms with Crippen LogP contribution in [0.5, 0.6) is 0 Å². The SMILES string of the molecule is FC(F)C(F)(F)OC(OC(F)(F)C(F)F)C(F)(F)F. The zero-order valence-corrected chi connectivity index (χ0v) is 8.21. The van der Waals surface area contributed by atoms with Gasteiger partial charge >= 0.3 is 31.2 Å². The van der Waals surface area contributed by atoms with Crippen LogP contribution < -0.4 is 0 Å². The van der Waals surface area contributed by atoms with Gasteiger partial charge in [-0.1, -0.05) is 0 Å². The van der Waals surface area contributed by atoms with Crippen LogP contribution in [0.15, 0.2) is 0 Å². The number of alkyl halides is 11. The highest BCUT2D eigenvalue weighted by molar-refractivity contribution is 4.67. The summed E-state index contributed by atoms with van der Waals surface area (Å²) in [5.41, 5.74) is 0. The van der Waals surface area contributed by atoms with Gasteiger partial charge in [-0.2, -0.15) is 30.7 Å². The number of ether oxygens (including phenoxy) is 2. The second kappa shape index (κ2) is 5.64. The van der Waals surface area contributed by atoms with Crippen LogP contribution >= 0.6 is 0 Å². The maximum Gasteiger partial charge on any atom is 0.440 e. The Kier molecular flexibility index (Phi) is 5.39. The fourth-order valence-corrected chi connectivity index (χ4v) is 0.546. The summed E-state index contributed by atoms with van der Waals surface area (Å²) >= 11 is 0. The number of hydrogen-bond donors (Lipinski definition) is 0. The maximum atomic E-state index is 12.1. The molecule has 2 nitrogen and oxygen atoms in total. The molecule has 0 spiro atoms. The Morgan fingerprint density at radius 1 is 0.579 bits per heavy atom. The molecule has 0 aromatic carbocycles. The van der Waals surface area contributed by atoms with Crippen molar-refractivity contribution in [3.05, 3.63) is 0 Å². The predicted octanol–water partition coefficient (Wildman–Crippen LogP) is 3.62. The van der Waals surface area contributed by atoms with E-state index in [2.05, 4.69) is 9.47 Å². The average molecular weight is 316 g/mol. The molecule has 0 fully saturated rings. The molecule has 0 aromatic heterocycles. The van der Waals surface area contributed by atoms with Crippen LogP contribution in [0, 0.1) is 0 Å². The smallest absolute Gasteiger partial charge is 0.276 e. The van der Waals surface area contributed by atoms with Gasteiger partial charge in [0.25, 0.3) is 6.29 Å². The summed E-state index contributed by atoms with van der Waals surface area (Å²) in [7, 11) is 0. The molecule has 0 bridgehead atoms. The molecular formula is C6H3F11O2. The van der Waals surface area contributed by atoms with E-state index in [-0.39, 0.29) is 0 Å². The Labute approximate surface area is 96.6 Å². The highest BCUT2D eigenvalue weighted by atomic mass is 19.4. The van der Waals surface area contributed by atoms with Gasteiger partial charge in [0, 0.05) is 0 Å². The molecule has 0 amide bonds. The first-order valence-corrected chi connectivity index (χ1v) is 3.94. The summed E-state index contributed by atoms with van der Waals surface area (Å²) in [5.74, 6) is 0. The van der Waals surface area contributed by atoms with Crippen molar-refractivity contribution in [2.24, 2.45) is 0 Å². The summed E-state index contributed by atoms with van der Waals surface area (Å²) in [4.78, 5) is 0. The van der Waals surface area contributed by atoms with Gasteiger partial charge in [-0.25, -0.2) is 17.6 Å². The van der Waals surface area contributed by atoms with Crippen LogP contribution in [-0.2, 0) is 9.47 Å². The Balaban J connectivity index is 5.07. The molecule has 0 heterocycles. The van der Waals surface area contributed by atoms with Crippen LogP contribution in [0.1, 0.15) is 0 Å². The second-order valence-corrected chi connectivity index (χ2v) is 2.83. The Bertz CT molecular complexity index is 263. The largest absolute Gasteiger partial charge is 0.440 e. The molecule has 0 aliphatic rings. The zero-order chi connectivity index (χ0) is 15.6. The molecule has 0 aliphatic heterocycles. The van der Waals surface area contributed by atoms with Gasteiger partial charge in [0.1, 0.15) is 0 Å². The van der Waals surface area contributed by atoms with Crippen molar-refractivity contribution in [3.63, 3.8) is 0 Å². The van der Waals surface area contributed by atoms with Crippen LogP contribution in [0.4, 0.5) is 48.3 Å². The third-order valence-electron chi connectivity index (χ3n) is 1.30. The Hall–Kier alpha value is -0.850. The molecule has 0 aliphatic carbocycles. The molecule has 0 aromatic rings. The van der Waals surface area contributed by atoms with Crippen molar-refractivity contribution >= 4 is 0 Å². The zero-order valence-electron chi connectivity index (χ0n) is 8.21. The van der Waals surface area contributed by atoms with Crippen molar-refractivity contribution in [2.45, 2.75) is 37.5 Å². The highest BCUT2D eigenvalue weighted by Crippen LogP contribution is 2.37. The molecule has 0 saturated carbocycles. The van der Waals surface area contributed by atoms with Gasteiger partial charge in [0.05, 0.1) is 0 Å². The van der Waals surface area contributed by atoms with Crippen LogP contribution in [0.25, 0.3) is 0 Å².